The lowest BCUT2D eigenvalue weighted by atomic mass is 10.1. The number of benzene rings is 1. The molecule has 2 rings (SSSR count). The minimum absolute atomic E-state index is 0.206. The van der Waals surface area contributed by atoms with Gasteiger partial charge < -0.3 is 15.6 Å². The van der Waals surface area contributed by atoms with Crippen LogP contribution in [0.25, 0.3) is 0 Å². The molecule has 0 amide bonds. The van der Waals surface area contributed by atoms with Crippen molar-refractivity contribution in [2.75, 3.05) is 11.9 Å². The van der Waals surface area contributed by atoms with Crippen molar-refractivity contribution in [3.05, 3.63) is 41.5 Å². The predicted octanol–water partition coefficient (Wildman–Crippen LogP) is 2.38. The zero-order valence-electron chi connectivity index (χ0n) is 10.6. The molecule has 0 saturated heterocycles. The van der Waals surface area contributed by atoms with Crippen LogP contribution in [0.1, 0.15) is 17.0 Å². The van der Waals surface area contributed by atoms with Crippen LogP contribution in [0.15, 0.2) is 29.1 Å². The smallest absolute Gasteiger partial charge is 0.389 e. The molecule has 9 heteroatoms. The Balaban J connectivity index is 2.11. The molecule has 0 unspecified atom stereocenters. The molecule has 1 aromatic carbocycles. The van der Waals surface area contributed by atoms with Gasteiger partial charge in [0.1, 0.15) is 4.99 Å². The summed E-state index contributed by atoms with van der Waals surface area (Å²) in [5, 5.41) is 6.58. The average Bonchev–Trinajstić information content (AvgIpc) is 2.90. The number of hydrogen-bond donors (Lipinski definition) is 2. The van der Waals surface area contributed by atoms with Crippen LogP contribution < -0.4 is 11.1 Å². The highest BCUT2D eigenvalue weighted by Gasteiger charge is 2.34. The largest absolute Gasteiger partial charge is 0.417 e. The Hall–Kier alpha value is -2.16. The number of halogens is 3. The van der Waals surface area contributed by atoms with Crippen molar-refractivity contribution >= 4 is 22.9 Å². The van der Waals surface area contributed by atoms with Crippen LogP contribution in [0.2, 0.25) is 0 Å². The van der Waals surface area contributed by atoms with Crippen LogP contribution in [-0.2, 0) is 12.6 Å². The van der Waals surface area contributed by atoms with Gasteiger partial charge in [-0.05, 0) is 18.2 Å². The fraction of sp³-hybridized carbons (Fsp3) is 0.250. The number of anilines is 1. The fourth-order valence-electron chi connectivity index (χ4n) is 1.73. The first-order chi connectivity index (χ1) is 9.88. The minimum Gasteiger partial charge on any atom is -0.389 e. The SMILES string of the molecule is NC(=S)c1cc(NCCc2ncon2)ccc1C(F)(F)F. The van der Waals surface area contributed by atoms with Crippen molar-refractivity contribution in [3.63, 3.8) is 0 Å². The summed E-state index contributed by atoms with van der Waals surface area (Å²) in [5.41, 5.74) is 4.78. The van der Waals surface area contributed by atoms with E-state index in [4.69, 9.17) is 5.73 Å². The van der Waals surface area contributed by atoms with Crippen LogP contribution in [0.3, 0.4) is 0 Å². The van der Waals surface area contributed by atoms with Crippen molar-refractivity contribution in [1.82, 2.24) is 10.1 Å². The molecular formula is C12H11F3N4OS. The second kappa shape index (κ2) is 6.08. The Kier molecular flexibility index (Phi) is 4.41. The molecule has 0 bridgehead atoms. The quantitative estimate of drug-likeness (QED) is 0.825. The number of aromatic nitrogens is 2. The summed E-state index contributed by atoms with van der Waals surface area (Å²) in [4.78, 5) is 3.53. The Morgan fingerprint density at radius 1 is 1.38 bits per heavy atom. The topological polar surface area (TPSA) is 77.0 Å². The Bertz CT molecular complexity index is 628. The van der Waals surface area contributed by atoms with Gasteiger partial charge in [0.25, 0.3) is 0 Å². The highest BCUT2D eigenvalue weighted by Crippen LogP contribution is 2.33. The number of rotatable bonds is 5. The maximum atomic E-state index is 12.8. The molecule has 0 aliphatic rings. The first-order valence-corrected chi connectivity index (χ1v) is 6.29. The van der Waals surface area contributed by atoms with Gasteiger partial charge in [0, 0.05) is 24.2 Å². The van der Waals surface area contributed by atoms with Gasteiger partial charge in [-0.3, -0.25) is 0 Å². The Morgan fingerprint density at radius 3 is 2.71 bits per heavy atom. The maximum absolute atomic E-state index is 12.8. The molecule has 1 heterocycles. The van der Waals surface area contributed by atoms with E-state index in [9.17, 15) is 13.2 Å². The fourth-order valence-corrected chi connectivity index (χ4v) is 1.90. The number of thiocarbonyl (C=S) groups is 1. The van der Waals surface area contributed by atoms with Crippen molar-refractivity contribution in [1.29, 1.82) is 0 Å². The van der Waals surface area contributed by atoms with Gasteiger partial charge >= 0.3 is 6.18 Å². The predicted molar refractivity (Wildman–Crippen MR) is 73.8 cm³/mol. The molecule has 0 saturated carbocycles. The van der Waals surface area contributed by atoms with Gasteiger partial charge in [-0.25, -0.2) is 0 Å². The Morgan fingerprint density at radius 2 is 2.14 bits per heavy atom. The highest BCUT2D eigenvalue weighted by atomic mass is 32.1. The van der Waals surface area contributed by atoms with Crippen LogP contribution >= 0.6 is 12.2 Å². The Labute approximate surface area is 123 Å². The van der Waals surface area contributed by atoms with E-state index in [-0.39, 0.29) is 10.6 Å². The molecule has 2 aromatic rings. The summed E-state index contributed by atoms with van der Waals surface area (Å²) in [6, 6.07) is 3.55. The van der Waals surface area contributed by atoms with Crippen LogP contribution in [0.5, 0.6) is 0 Å². The molecule has 3 N–H and O–H groups in total. The lowest BCUT2D eigenvalue weighted by Crippen LogP contribution is -2.18. The van der Waals surface area contributed by atoms with Crippen LogP contribution in [-0.4, -0.2) is 21.7 Å². The zero-order chi connectivity index (χ0) is 15.5. The lowest BCUT2D eigenvalue weighted by Gasteiger charge is -2.14. The molecule has 0 aliphatic heterocycles. The molecule has 21 heavy (non-hydrogen) atoms. The van der Waals surface area contributed by atoms with E-state index < -0.39 is 11.7 Å². The van der Waals surface area contributed by atoms with Crippen LogP contribution in [0.4, 0.5) is 18.9 Å². The van der Waals surface area contributed by atoms with E-state index in [1.54, 1.807) is 0 Å². The summed E-state index contributed by atoms with van der Waals surface area (Å²) in [5.74, 6) is 0.504. The first kappa shape index (κ1) is 15.2. The van der Waals surface area contributed by atoms with E-state index >= 15 is 0 Å². The number of nitrogens with two attached hydrogens (primary N) is 1. The third-order valence-corrected chi connectivity index (χ3v) is 2.90. The normalized spacial score (nSPS) is 11.4. The summed E-state index contributed by atoms with van der Waals surface area (Å²) in [6.07, 6.45) is -2.82. The monoisotopic (exact) mass is 316 g/mol. The highest BCUT2D eigenvalue weighted by molar-refractivity contribution is 7.80. The van der Waals surface area contributed by atoms with Crippen molar-refractivity contribution in [2.24, 2.45) is 5.73 Å². The summed E-state index contributed by atoms with van der Waals surface area (Å²) in [6.45, 7) is 0.432. The molecule has 0 aliphatic carbocycles. The molecular weight excluding hydrogens is 305 g/mol. The molecule has 0 fully saturated rings. The van der Waals surface area contributed by atoms with Gasteiger partial charge in [0.2, 0.25) is 6.39 Å². The number of nitrogens with zero attached hydrogens (tertiary/aromatic N) is 2. The summed E-state index contributed by atoms with van der Waals surface area (Å²) >= 11 is 4.67. The van der Waals surface area contributed by atoms with E-state index in [1.165, 1.54) is 18.5 Å². The van der Waals surface area contributed by atoms with Gasteiger partial charge in [-0.2, -0.15) is 18.2 Å². The molecule has 0 spiro atoms. The van der Waals surface area contributed by atoms with E-state index in [2.05, 4.69) is 32.2 Å². The third-order valence-electron chi connectivity index (χ3n) is 2.68. The molecule has 0 atom stereocenters. The number of hydrogen-bond acceptors (Lipinski definition) is 5. The molecule has 1 aromatic heterocycles. The second-order valence-corrected chi connectivity index (χ2v) is 4.59. The van der Waals surface area contributed by atoms with E-state index in [0.29, 0.717) is 24.5 Å². The van der Waals surface area contributed by atoms with Crippen molar-refractivity contribution in [3.8, 4) is 0 Å². The van der Waals surface area contributed by atoms with Gasteiger partial charge in [-0.15, -0.1) is 0 Å². The standard InChI is InChI=1S/C12H11F3N4OS/c13-12(14,15)9-2-1-7(5-8(9)11(16)21)17-4-3-10-18-6-20-19-10/h1-2,5-6,17H,3-4H2,(H2,16,21). The number of nitrogens with one attached hydrogen (secondary N) is 1. The van der Waals surface area contributed by atoms with Crippen molar-refractivity contribution < 1.29 is 17.7 Å². The van der Waals surface area contributed by atoms with Gasteiger partial charge in [-0.1, -0.05) is 17.4 Å². The zero-order valence-corrected chi connectivity index (χ0v) is 11.5. The summed E-state index contributed by atoms with van der Waals surface area (Å²) < 4.78 is 43.0. The molecule has 5 nitrogen and oxygen atoms in total. The van der Waals surface area contributed by atoms with Gasteiger partial charge in [0.15, 0.2) is 5.82 Å². The van der Waals surface area contributed by atoms with Crippen LogP contribution in [0, 0.1) is 0 Å². The van der Waals surface area contributed by atoms with E-state index in [0.717, 1.165) is 6.07 Å². The summed E-state index contributed by atoms with van der Waals surface area (Å²) in [7, 11) is 0. The van der Waals surface area contributed by atoms with Crippen molar-refractivity contribution in [2.45, 2.75) is 12.6 Å². The maximum Gasteiger partial charge on any atom is 0.417 e. The van der Waals surface area contributed by atoms with Gasteiger partial charge in [0.05, 0.1) is 5.56 Å². The lowest BCUT2D eigenvalue weighted by molar-refractivity contribution is -0.137. The molecule has 0 radical (unpaired) electrons. The van der Waals surface area contributed by atoms with E-state index in [1.807, 2.05) is 0 Å². The minimum atomic E-state index is -4.50. The average molecular weight is 316 g/mol. The first-order valence-electron chi connectivity index (χ1n) is 5.88. The molecule has 112 valence electrons. The third kappa shape index (κ3) is 3.91. The second-order valence-electron chi connectivity index (χ2n) is 4.15. The number of alkyl halides is 3.